The maximum atomic E-state index is 12.2. The Kier molecular flexibility index (Phi) is 8.56. The van der Waals surface area contributed by atoms with Gasteiger partial charge in [0.15, 0.2) is 11.8 Å². The quantitative estimate of drug-likeness (QED) is 0.354. The summed E-state index contributed by atoms with van der Waals surface area (Å²) in [6.45, 7) is 1.49. The number of carbonyl (C=O) groups excluding carboxylic acids is 2. The van der Waals surface area contributed by atoms with Crippen LogP contribution >= 0.6 is 35.1 Å². The van der Waals surface area contributed by atoms with Crippen molar-refractivity contribution in [2.24, 2.45) is 0 Å². The Morgan fingerprint density at radius 1 is 1.25 bits per heavy atom. The summed E-state index contributed by atoms with van der Waals surface area (Å²) in [5, 5.41) is 20.5. The van der Waals surface area contributed by atoms with Crippen LogP contribution < -0.4 is 5.32 Å². The first-order valence-electron chi connectivity index (χ1n) is 9.31. The van der Waals surface area contributed by atoms with Crippen molar-refractivity contribution >= 4 is 52.7 Å². The number of nitrogens with zero attached hydrogens (tertiary/aromatic N) is 4. The standard InChI is InChI=1S/C21H18ClN5O3S2/c1-14-6-7-15(10-16(14)22)27-13-24-26-21(27)32-12-20(29)30-11-19(28)25-17-4-2-3-5-18(17)31-9-8-23/h2-7,10,13H,9,11-12H2,1H3,(H,25,28). The summed E-state index contributed by atoms with van der Waals surface area (Å²) in [7, 11) is 0. The van der Waals surface area contributed by atoms with Gasteiger partial charge >= 0.3 is 5.97 Å². The van der Waals surface area contributed by atoms with Gasteiger partial charge < -0.3 is 10.1 Å². The van der Waals surface area contributed by atoms with Gasteiger partial charge in [0.1, 0.15) is 6.33 Å². The van der Waals surface area contributed by atoms with E-state index >= 15 is 0 Å². The molecule has 0 saturated heterocycles. The number of anilines is 1. The van der Waals surface area contributed by atoms with Gasteiger partial charge in [-0.25, -0.2) is 0 Å². The third kappa shape index (κ3) is 6.50. The van der Waals surface area contributed by atoms with Gasteiger partial charge in [0.05, 0.1) is 28.9 Å². The Labute approximate surface area is 198 Å². The van der Waals surface area contributed by atoms with Crippen LogP contribution in [0.1, 0.15) is 5.56 Å². The van der Waals surface area contributed by atoms with Gasteiger partial charge in [-0.2, -0.15) is 5.26 Å². The summed E-state index contributed by atoms with van der Waals surface area (Å²) in [6.07, 6.45) is 1.53. The van der Waals surface area contributed by atoms with Gasteiger partial charge in [0.25, 0.3) is 5.91 Å². The highest BCUT2D eigenvalue weighted by Crippen LogP contribution is 2.27. The molecule has 32 heavy (non-hydrogen) atoms. The lowest BCUT2D eigenvalue weighted by molar-refractivity contribution is -0.144. The van der Waals surface area contributed by atoms with Gasteiger partial charge in [-0.1, -0.05) is 41.6 Å². The molecule has 0 aliphatic heterocycles. The highest BCUT2D eigenvalue weighted by molar-refractivity contribution is 8.00. The van der Waals surface area contributed by atoms with Crippen molar-refractivity contribution in [1.82, 2.24) is 14.8 Å². The van der Waals surface area contributed by atoms with Crippen LogP contribution in [-0.2, 0) is 14.3 Å². The van der Waals surface area contributed by atoms with E-state index < -0.39 is 18.5 Å². The minimum atomic E-state index is -0.561. The second kappa shape index (κ2) is 11.6. The molecule has 0 saturated carbocycles. The molecule has 3 rings (SSSR count). The first kappa shape index (κ1) is 23.7. The SMILES string of the molecule is Cc1ccc(-n2cnnc2SCC(=O)OCC(=O)Nc2ccccc2SCC#N)cc1Cl. The van der Waals surface area contributed by atoms with E-state index in [0.29, 0.717) is 15.9 Å². The lowest BCUT2D eigenvalue weighted by Crippen LogP contribution is -2.22. The lowest BCUT2D eigenvalue weighted by atomic mass is 10.2. The Morgan fingerprint density at radius 2 is 2.06 bits per heavy atom. The fourth-order valence-corrected chi connectivity index (χ4v) is 4.11. The van der Waals surface area contributed by atoms with E-state index in [4.69, 9.17) is 21.6 Å². The van der Waals surface area contributed by atoms with Crippen molar-refractivity contribution in [3.05, 3.63) is 59.4 Å². The van der Waals surface area contributed by atoms with Crippen LogP contribution in [0.25, 0.3) is 5.69 Å². The molecule has 0 aliphatic rings. The van der Waals surface area contributed by atoms with Crippen molar-refractivity contribution in [3.63, 3.8) is 0 Å². The van der Waals surface area contributed by atoms with E-state index in [0.717, 1.165) is 27.9 Å². The Balaban J connectivity index is 1.50. The van der Waals surface area contributed by atoms with Crippen LogP contribution in [0.5, 0.6) is 0 Å². The maximum Gasteiger partial charge on any atom is 0.316 e. The van der Waals surface area contributed by atoms with Crippen molar-refractivity contribution in [2.45, 2.75) is 17.0 Å². The number of benzene rings is 2. The molecular weight excluding hydrogens is 470 g/mol. The molecule has 1 N–H and O–H groups in total. The first-order chi connectivity index (χ1) is 15.5. The van der Waals surface area contributed by atoms with Crippen LogP contribution in [0.15, 0.2) is 58.8 Å². The first-order valence-corrected chi connectivity index (χ1v) is 11.7. The number of hydrogen-bond donors (Lipinski definition) is 1. The second-order valence-electron chi connectivity index (χ2n) is 6.36. The molecule has 1 amide bonds. The molecule has 164 valence electrons. The molecule has 0 aliphatic carbocycles. The van der Waals surface area contributed by atoms with E-state index in [1.54, 1.807) is 28.8 Å². The molecule has 8 nitrogen and oxygen atoms in total. The van der Waals surface area contributed by atoms with Crippen molar-refractivity contribution in [2.75, 3.05) is 23.4 Å². The summed E-state index contributed by atoms with van der Waals surface area (Å²) in [5.41, 5.74) is 2.28. The second-order valence-corrected chi connectivity index (χ2v) is 8.72. The van der Waals surface area contributed by atoms with E-state index in [1.165, 1.54) is 18.1 Å². The molecule has 2 aromatic carbocycles. The number of rotatable bonds is 9. The zero-order valence-corrected chi connectivity index (χ0v) is 19.3. The molecule has 0 spiro atoms. The predicted molar refractivity (Wildman–Crippen MR) is 124 cm³/mol. The van der Waals surface area contributed by atoms with E-state index in [1.807, 2.05) is 31.2 Å². The van der Waals surface area contributed by atoms with Crippen LogP contribution in [0.4, 0.5) is 5.69 Å². The average Bonchev–Trinajstić information content (AvgIpc) is 3.26. The fraction of sp³-hybridized carbons (Fsp3) is 0.190. The number of halogens is 1. The minimum absolute atomic E-state index is 0.0415. The topological polar surface area (TPSA) is 110 Å². The number of amides is 1. The minimum Gasteiger partial charge on any atom is -0.455 e. The van der Waals surface area contributed by atoms with Crippen molar-refractivity contribution in [3.8, 4) is 11.8 Å². The highest BCUT2D eigenvalue weighted by atomic mass is 35.5. The number of nitrogens with one attached hydrogen (secondary N) is 1. The van der Waals surface area contributed by atoms with Crippen LogP contribution in [0, 0.1) is 18.3 Å². The number of hydrogen-bond acceptors (Lipinski definition) is 8. The van der Waals surface area contributed by atoms with Gasteiger partial charge in [0.2, 0.25) is 0 Å². The molecule has 3 aromatic rings. The van der Waals surface area contributed by atoms with Crippen LogP contribution in [-0.4, -0.2) is 44.8 Å². The normalized spacial score (nSPS) is 10.4. The molecule has 0 radical (unpaired) electrons. The fourth-order valence-electron chi connectivity index (χ4n) is 2.53. The van der Waals surface area contributed by atoms with Crippen molar-refractivity contribution < 1.29 is 14.3 Å². The molecule has 1 heterocycles. The zero-order valence-electron chi connectivity index (χ0n) is 16.9. The van der Waals surface area contributed by atoms with E-state index in [-0.39, 0.29) is 11.5 Å². The highest BCUT2D eigenvalue weighted by Gasteiger charge is 2.14. The average molecular weight is 488 g/mol. The molecule has 1 aromatic heterocycles. The monoisotopic (exact) mass is 487 g/mol. The Bertz CT molecular complexity index is 1160. The third-order valence-corrected chi connectivity index (χ3v) is 6.35. The molecular formula is C21H18ClN5O3S2. The van der Waals surface area contributed by atoms with E-state index in [2.05, 4.69) is 15.5 Å². The molecule has 11 heteroatoms. The summed E-state index contributed by atoms with van der Waals surface area (Å²) in [5.74, 6) is -0.807. The van der Waals surface area contributed by atoms with Gasteiger partial charge in [0, 0.05) is 9.92 Å². The number of ether oxygens (including phenoxy) is 1. The largest absolute Gasteiger partial charge is 0.455 e. The summed E-state index contributed by atoms with van der Waals surface area (Å²) in [4.78, 5) is 25.0. The van der Waals surface area contributed by atoms with Crippen molar-refractivity contribution in [1.29, 1.82) is 5.26 Å². The predicted octanol–water partition coefficient (Wildman–Crippen LogP) is 4.12. The Morgan fingerprint density at radius 3 is 2.84 bits per heavy atom. The van der Waals surface area contributed by atoms with Gasteiger partial charge in [-0.05, 0) is 36.8 Å². The number of aromatic nitrogens is 3. The summed E-state index contributed by atoms with van der Waals surface area (Å²) >= 11 is 8.64. The number of thioether (sulfide) groups is 2. The molecule has 0 bridgehead atoms. The molecule has 0 atom stereocenters. The summed E-state index contributed by atoms with van der Waals surface area (Å²) < 4.78 is 6.78. The van der Waals surface area contributed by atoms with Gasteiger partial charge in [-0.15, -0.1) is 22.0 Å². The zero-order chi connectivity index (χ0) is 22.9. The Hall–Kier alpha value is -3.00. The number of aryl methyl sites for hydroxylation is 1. The van der Waals surface area contributed by atoms with Crippen LogP contribution in [0.3, 0.4) is 0 Å². The maximum absolute atomic E-state index is 12.2. The molecule has 0 fully saturated rings. The number of para-hydroxylation sites is 1. The van der Waals surface area contributed by atoms with Gasteiger partial charge in [-0.3, -0.25) is 14.2 Å². The third-order valence-electron chi connectivity index (χ3n) is 4.09. The number of carbonyl (C=O) groups is 2. The van der Waals surface area contributed by atoms with E-state index in [9.17, 15) is 9.59 Å². The number of nitriles is 1. The lowest BCUT2D eigenvalue weighted by Gasteiger charge is -2.10. The number of esters is 1. The van der Waals surface area contributed by atoms with Crippen LogP contribution in [0.2, 0.25) is 5.02 Å². The molecule has 0 unspecified atom stereocenters. The smallest absolute Gasteiger partial charge is 0.316 e. The summed E-state index contributed by atoms with van der Waals surface area (Å²) in [6, 6.07) is 14.7.